The Morgan fingerprint density at radius 1 is 1.45 bits per heavy atom. The van der Waals surface area contributed by atoms with Crippen molar-refractivity contribution in [2.45, 2.75) is 44.0 Å². The zero-order chi connectivity index (χ0) is 16.3. The smallest absolute Gasteiger partial charge is 0.287 e. The quantitative estimate of drug-likeness (QED) is 0.804. The van der Waals surface area contributed by atoms with Crippen LogP contribution in [0, 0.1) is 6.92 Å². The molecule has 1 fully saturated rings. The number of nitrogens with one attached hydrogen (secondary N) is 1. The highest BCUT2D eigenvalue weighted by molar-refractivity contribution is 7.89. The van der Waals surface area contributed by atoms with Gasteiger partial charge < -0.3 is 15.5 Å². The molecule has 1 aliphatic heterocycles. The van der Waals surface area contributed by atoms with Gasteiger partial charge in [0.05, 0.1) is 0 Å². The van der Waals surface area contributed by atoms with E-state index in [0.29, 0.717) is 26.1 Å². The van der Waals surface area contributed by atoms with Gasteiger partial charge in [0.1, 0.15) is 10.7 Å². The minimum absolute atomic E-state index is 0.00950. The summed E-state index contributed by atoms with van der Waals surface area (Å²) in [5, 5.41) is 2.67. The van der Waals surface area contributed by atoms with Crippen LogP contribution in [0.25, 0.3) is 0 Å². The van der Waals surface area contributed by atoms with Crippen LogP contribution in [0.1, 0.15) is 42.5 Å². The molecule has 0 radical (unpaired) electrons. The molecule has 7 nitrogen and oxygen atoms in total. The first kappa shape index (κ1) is 17.0. The number of carbonyl (C=O) groups excluding carboxylic acids is 1. The van der Waals surface area contributed by atoms with E-state index in [-0.39, 0.29) is 22.5 Å². The lowest BCUT2D eigenvalue weighted by Crippen LogP contribution is -2.29. The molecule has 1 aliphatic rings. The molecule has 22 heavy (non-hydrogen) atoms. The Morgan fingerprint density at radius 2 is 2.09 bits per heavy atom. The van der Waals surface area contributed by atoms with Gasteiger partial charge in [-0.1, -0.05) is 0 Å². The van der Waals surface area contributed by atoms with Crippen molar-refractivity contribution in [2.75, 3.05) is 19.6 Å². The normalized spacial score (nSPS) is 17.6. The molecule has 0 spiro atoms. The van der Waals surface area contributed by atoms with E-state index in [4.69, 9.17) is 10.2 Å². The molecule has 1 unspecified atom stereocenters. The van der Waals surface area contributed by atoms with Gasteiger partial charge in [0.2, 0.25) is 10.0 Å². The van der Waals surface area contributed by atoms with E-state index in [1.165, 1.54) is 10.4 Å². The summed E-state index contributed by atoms with van der Waals surface area (Å²) in [4.78, 5) is 12.1. The first-order valence-electron chi connectivity index (χ1n) is 7.46. The van der Waals surface area contributed by atoms with Crippen molar-refractivity contribution in [1.82, 2.24) is 9.62 Å². The van der Waals surface area contributed by atoms with Gasteiger partial charge in [0.25, 0.3) is 5.91 Å². The average Bonchev–Trinajstić information content (AvgIpc) is 3.07. The highest BCUT2D eigenvalue weighted by Crippen LogP contribution is 2.26. The molecule has 124 valence electrons. The van der Waals surface area contributed by atoms with Crippen molar-refractivity contribution in [2.24, 2.45) is 5.73 Å². The average molecular weight is 329 g/mol. The largest absolute Gasteiger partial charge is 0.455 e. The van der Waals surface area contributed by atoms with Crippen LogP contribution in [-0.2, 0) is 10.0 Å². The van der Waals surface area contributed by atoms with Gasteiger partial charge in [-0.2, -0.15) is 4.31 Å². The predicted molar refractivity (Wildman–Crippen MR) is 82.0 cm³/mol. The van der Waals surface area contributed by atoms with Crippen LogP contribution in [0.3, 0.4) is 0 Å². The Labute approximate surface area is 130 Å². The summed E-state index contributed by atoms with van der Waals surface area (Å²) in [5.41, 5.74) is 5.61. The maximum Gasteiger partial charge on any atom is 0.287 e. The second-order valence-electron chi connectivity index (χ2n) is 5.66. The highest BCUT2D eigenvalue weighted by atomic mass is 32.2. The SMILES string of the molecule is Cc1oc(C(=O)NCCC(C)N)cc1S(=O)(=O)N1CCCC1. The van der Waals surface area contributed by atoms with Crippen molar-refractivity contribution >= 4 is 15.9 Å². The maximum absolute atomic E-state index is 12.5. The lowest BCUT2D eigenvalue weighted by molar-refractivity contribution is 0.0923. The summed E-state index contributed by atoms with van der Waals surface area (Å²) < 4.78 is 31.8. The third-order valence-corrected chi connectivity index (χ3v) is 5.67. The van der Waals surface area contributed by atoms with Gasteiger partial charge in [0.15, 0.2) is 5.76 Å². The van der Waals surface area contributed by atoms with E-state index >= 15 is 0 Å². The number of hydrogen-bond donors (Lipinski definition) is 2. The zero-order valence-corrected chi connectivity index (χ0v) is 13.8. The summed E-state index contributed by atoms with van der Waals surface area (Å²) in [5.74, 6) is -0.171. The second kappa shape index (κ2) is 6.80. The Hall–Kier alpha value is -1.38. The van der Waals surface area contributed by atoms with Gasteiger partial charge in [-0.05, 0) is 33.1 Å². The molecule has 0 saturated carbocycles. The fourth-order valence-corrected chi connectivity index (χ4v) is 4.08. The van der Waals surface area contributed by atoms with Gasteiger partial charge in [-0.25, -0.2) is 8.42 Å². The van der Waals surface area contributed by atoms with Crippen molar-refractivity contribution in [1.29, 1.82) is 0 Å². The number of aryl methyl sites for hydroxylation is 1. The van der Waals surface area contributed by atoms with E-state index in [2.05, 4.69) is 5.32 Å². The fraction of sp³-hybridized carbons (Fsp3) is 0.643. The molecule has 0 bridgehead atoms. The van der Waals surface area contributed by atoms with E-state index in [9.17, 15) is 13.2 Å². The highest BCUT2D eigenvalue weighted by Gasteiger charge is 2.31. The van der Waals surface area contributed by atoms with E-state index in [1.54, 1.807) is 6.92 Å². The molecular formula is C14H23N3O4S. The molecule has 1 aromatic rings. The number of carbonyl (C=O) groups is 1. The Morgan fingerprint density at radius 3 is 2.68 bits per heavy atom. The summed E-state index contributed by atoms with van der Waals surface area (Å²) in [6, 6.07) is 1.30. The number of rotatable bonds is 6. The topological polar surface area (TPSA) is 106 Å². The standard InChI is InChI=1S/C14H23N3O4S/c1-10(15)5-6-16-14(18)12-9-13(11(2)21-12)22(19,20)17-7-3-4-8-17/h9-10H,3-8,15H2,1-2H3,(H,16,18). The van der Waals surface area contributed by atoms with Crippen LogP contribution in [0.15, 0.2) is 15.4 Å². The lowest BCUT2D eigenvalue weighted by atomic mass is 10.2. The molecule has 1 atom stereocenters. The Bertz CT molecular complexity index is 631. The summed E-state index contributed by atoms with van der Waals surface area (Å²) in [7, 11) is -3.58. The molecule has 0 aliphatic carbocycles. The second-order valence-corrected chi connectivity index (χ2v) is 7.57. The van der Waals surface area contributed by atoms with Crippen LogP contribution in [0.2, 0.25) is 0 Å². The van der Waals surface area contributed by atoms with E-state index in [0.717, 1.165) is 12.8 Å². The molecule has 2 heterocycles. The Kier molecular flexibility index (Phi) is 5.25. The number of nitrogens with zero attached hydrogens (tertiary/aromatic N) is 1. The van der Waals surface area contributed by atoms with Crippen molar-refractivity contribution < 1.29 is 17.6 Å². The van der Waals surface area contributed by atoms with Gasteiger partial charge >= 0.3 is 0 Å². The first-order chi connectivity index (χ1) is 10.3. The van der Waals surface area contributed by atoms with Crippen LogP contribution in [0.5, 0.6) is 0 Å². The third kappa shape index (κ3) is 3.68. The van der Waals surface area contributed by atoms with Crippen molar-refractivity contribution in [3.63, 3.8) is 0 Å². The van der Waals surface area contributed by atoms with Crippen molar-refractivity contribution in [3.05, 3.63) is 17.6 Å². The molecule has 2 rings (SSSR count). The molecule has 3 N–H and O–H groups in total. The number of furan rings is 1. The van der Waals surface area contributed by atoms with Gasteiger partial charge in [-0.3, -0.25) is 4.79 Å². The predicted octanol–water partition coefficient (Wildman–Crippen LogP) is 0.840. The maximum atomic E-state index is 12.5. The number of sulfonamides is 1. The Balaban J connectivity index is 2.12. The number of hydrogen-bond acceptors (Lipinski definition) is 5. The molecule has 1 amide bonds. The van der Waals surface area contributed by atoms with E-state index < -0.39 is 15.9 Å². The van der Waals surface area contributed by atoms with Gasteiger partial charge in [-0.15, -0.1) is 0 Å². The minimum atomic E-state index is -3.58. The summed E-state index contributed by atoms with van der Waals surface area (Å²) >= 11 is 0. The first-order valence-corrected chi connectivity index (χ1v) is 8.90. The summed E-state index contributed by atoms with van der Waals surface area (Å²) in [6.45, 7) is 4.86. The summed E-state index contributed by atoms with van der Waals surface area (Å²) in [6.07, 6.45) is 2.37. The zero-order valence-electron chi connectivity index (χ0n) is 13.0. The minimum Gasteiger partial charge on any atom is -0.455 e. The molecule has 1 saturated heterocycles. The molecule has 8 heteroatoms. The number of nitrogens with two attached hydrogens (primary N) is 1. The lowest BCUT2D eigenvalue weighted by Gasteiger charge is -2.14. The van der Waals surface area contributed by atoms with Crippen LogP contribution in [-0.4, -0.2) is 44.3 Å². The van der Waals surface area contributed by atoms with E-state index in [1.807, 2.05) is 6.92 Å². The van der Waals surface area contributed by atoms with Crippen LogP contribution in [0.4, 0.5) is 0 Å². The molecule has 0 aromatic carbocycles. The molecular weight excluding hydrogens is 306 g/mol. The number of amides is 1. The fourth-order valence-electron chi connectivity index (χ4n) is 2.40. The van der Waals surface area contributed by atoms with Gasteiger partial charge in [0, 0.05) is 31.7 Å². The third-order valence-electron chi connectivity index (χ3n) is 3.66. The van der Waals surface area contributed by atoms with Crippen molar-refractivity contribution in [3.8, 4) is 0 Å². The van der Waals surface area contributed by atoms with Crippen LogP contribution >= 0.6 is 0 Å². The molecule has 1 aromatic heterocycles. The van der Waals surface area contributed by atoms with Crippen LogP contribution < -0.4 is 11.1 Å². The monoisotopic (exact) mass is 329 g/mol.